The highest BCUT2D eigenvalue weighted by Gasteiger charge is 2.16. The number of nitrogens with zero attached hydrogens (tertiary/aromatic N) is 2. The third-order valence-electron chi connectivity index (χ3n) is 3.61. The summed E-state index contributed by atoms with van der Waals surface area (Å²) in [5, 5.41) is 3.58. The lowest BCUT2D eigenvalue weighted by atomic mass is 9.98. The molecule has 0 bridgehead atoms. The summed E-state index contributed by atoms with van der Waals surface area (Å²) >= 11 is 0. The maximum Gasteiger partial charge on any atom is 0.0300 e. The Bertz CT molecular complexity index is 351. The molecule has 0 saturated carbocycles. The Morgan fingerprint density at radius 3 is 3.18 bits per heavy atom. The van der Waals surface area contributed by atoms with E-state index in [2.05, 4.69) is 35.2 Å². The first-order valence-electron chi connectivity index (χ1n) is 6.54. The van der Waals surface area contributed by atoms with Gasteiger partial charge in [-0.05, 0) is 63.0 Å². The fraction of sp³-hybridized carbons (Fsp3) is 0.643. The minimum atomic E-state index is 0.816. The second kappa shape index (κ2) is 6.12. The van der Waals surface area contributed by atoms with Crippen LogP contribution in [0.25, 0.3) is 0 Å². The van der Waals surface area contributed by atoms with E-state index in [-0.39, 0.29) is 0 Å². The molecule has 1 aromatic rings. The maximum absolute atomic E-state index is 4.12. The van der Waals surface area contributed by atoms with Gasteiger partial charge in [-0.25, -0.2) is 0 Å². The zero-order valence-electron chi connectivity index (χ0n) is 10.9. The van der Waals surface area contributed by atoms with Gasteiger partial charge in [0.1, 0.15) is 0 Å². The molecule has 2 rings (SSSR count). The van der Waals surface area contributed by atoms with Crippen molar-refractivity contribution in [1.82, 2.24) is 15.2 Å². The first-order valence-corrected chi connectivity index (χ1v) is 6.54. The first-order chi connectivity index (χ1) is 8.25. The normalized spacial score (nSPS) is 21.6. The smallest absolute Gasteiger partial charge is 0.0300 e. The number of pyridine rings is 1. The van der Waals surface area contributed by atoms with E-state index in [1.54, 1.807) is 0 Å². The van der Waals surface area contributed by atoms with Crippen LogP contribution in [0.1, 0.15) is 24.0 Å². The van der Waals surface area contributed by atoms with E-state index in [1.807, 2.05) is 12.4 Å². The van der Waals surface area contributed by atoms with Crippen molar-refractivity contribution in [3.8, 4) is 0 Å². The molecule has 1 N–H and O–H groups in total. The predicted molar refractivity (Wildman–Crippen MR) is 70.9 cm³/mol. The molecule has 1 fully saturated rings. The molecular weight excluding hydrogens is 210 g/mol. The minimum Gasteiger partial charge on any atom is -0.312 e. The molecule has 0 amide bonds. The Kier molecular flexibility index (Phi) is 4.51. The van der Waals surface area contributed by atoms with E-state index < -0.39 is 0 Å². The Balaban J connectivity index is 1.74. The lowest BCUT2D eigenvalue weighted by Crippen LogP contribution is -2.37. The van der Waals surface area contributed by atoms with Crippen molar-refractivity contribution in [3.05, 3.63) is 29.6 Å². The lowest BCUT2D eigenvalue weighted by Gasteiger charge is -2.29. The summed E-state index contributed by atoms with van der Waals surface area (Å²) in [7, 11) is 2.22. The molecular formula is C14H23N3. The fourth-order valence-electron chi connectivity index (χ4n) is 2.55. The zero-order valence-corrected chi connectivity index (χ0v) is 10.9. The van der Waals surface area contributed by atoms with Crippen molar-refractivity contribution in [2.24, 2.45) is 5.92 Å². The lowest BCUT2D eigenvalue weighted by molar-refractivity contribution is 0.206. The molecule has 1 aliphatic heterocycles. The molecule has 17 heavy (non-hydrogen) atoms. The summed E-state index contributed by atoms with van der Waals surface area (Å²) in [6, 6.07) is 2.11. The van der Waals surface area contributed by atoms with Gasteiger partial charge in [0, 0.05) is 25.5 Å². The van der Waals surface area contributed by atoms with Crippen LogP contribution in [0, 0.1) is 12.8 Å². The monoisotopic (exact) mass is 233 g/mol. The number of rotatable bonds is 4. The summed E-state index contributed by atoms with van der Waals surface area (Å²) in [6.45, 7) is 6.72. The molecule has 1 aromatic heterocycles. The van der Waals surface area contributed by atoms with Crippen LogP contribution in [0.5, 0.6) is 0 Å². The standard InChI is InChI=1S/C14H23N3/c1-12-8-15-6-5-14(12)10-16-9-13-4-3-7-17(2)11-13/h5-6,8,13,16H,3-4,7,9-11H2,1-2H3. The van der Waals surface area contributed by atoms with Crippen LogP contribution in [-0.4, -0.2) is 36.6 Å². The Hall–Kier alpha value is -0.930. The summed E-state index contributed by atoms with van der Waals surface area (Å²) in [4.78, 5) is 6.56. The van der Waals surface area contributed by atoms with Crippen molar-refractivity contribution in [1.29, 1.82) is 0 Å². The average molecular weight is 233 g/mol. The molecule has 0 radical (unpaired) electrons. The largest absolute Gasteiger partial charge is 0.312 e. The van der Waals surface area contributed by atoms with Crippen molar-refractivity contribution >= 4 is 0 Å². The molecule has 2 heterocycles. The topological polar surface area (TPSA) is 28.2 Å². The van der Waals surface area contributed by atoms with Crippen molar-refractivity contribution in [3.63, 3.8) is 0 Å². The second-order valence-electron chi connectivity index (χ2n) is 5.20. The molecule has 1 unspecified atom stereocenters. The molecule has 94 valence electrons. The van der Waals surface area contributed by atoms with Gasteiger partial charge in [0.25, 0.3) is 0 Å². The van der Waals surface area contributed by atoms with Gasteiger partial charge in [-0.1, -0.05) is 0 Å². The maximum atomic E-state index is 4.12. The highest BCUT2D eigenvalue weighted by atomic mass is 15.1. The highest BCUT2D eigenvalue weighted by molar-refractivity contribution is 5.21. The van der Waals surface area contributed by atoms with Crippen LogP contribution in [0.4, 0.5) is 0 Å². The summed E-state index contributed by atoms with van der Waals surface area (Å²) in [5.74, 6) is 0.816. The number of hydrogen-bond donors (Lipinski definition) is 1. The van der Waals surface area contributed by atoms with Gasteiger partial charge in [-0.15, -0.1) is 0 Å². The molecule has 0 aliphatic carbocycles. The van der Waals surface area contributed by atoms with Gasteiger partial charge in [-0.3, -0.25) is 4.98 Å². The predicted octanol–water partition coefficient (Wildman–Crippen LogP) is 1.82. The minimum absolute atomic E-state index is 0.816. The summed E-state index contributed by atoms with van der Waals surface area (Å²) in [5.41, 5.74) is 2.64. The Labute approximate surface area is 104 Å². The molecule has 3 nitrogen and oxygen atoms in total. The second-order valence-corrected chi connectivity index (χ2v) is 5.20. The summed E-state index contributed by atoms with van der Waals surface area (Å²) in [6.07, 6.45) is 6.52. The van der Waals surface area contributed by atoms with Crippen LogP contribution in [0.2, 0.25) is 0 Å². The number of aromatic nitrogens is 1. The molecule has 0 aromatic carbocycles. The zero-order chi connectivity index (χ0) is 12.1. The van der Waals surface area contributed by atoms with Crippen LogP contribution in [0.3, 0.4) is 0 Å². The van der Waals surface area contributed by atoms with Gasteiger partial charge in [0.15, 0.2) is 0 Å². The van der Waals surface area contributed by atoms with Crippen LogP contribution >= 0.6 is 0 Å². The van der Waals surface area contributed by atoms with Gasteiger partial charge in [0.2, 0.25) is 0 Å². The third kappa shape index (κ3) is 3.79. The third-order valence-corrected chi connectivity index (χ3v) is 3.61. The molecule has 3 heteroatoms. The summed E-state index contributed by atoms with van der Waals surface area (Å²) < 4.78 is 0. The average Bonchev–Trinajstić information content (AvgIpc) is 2.32. The van der Waals surface area contributed by atoms with Gasteiger partial charge in [-0.2, -0.15) is 0 Å². The van der Waals surface area contributed by atoms with Gasteiger partial charge < -0.3 is 10.2 Å². The molecule has 0 spiro atoms. The number of piperidine rings is 1. The SMILES string of the molecule is Cc1cnccc1CNCC1CCCN(C)C1. The fourth-order valence-corrected chi connectivity index (χ4v) is 2.55. The number of hydrogen-bond acceptors (Lipinski definition) is 3. The van der Waals surface area contributed by atoms with E-state index in [4.69, 9.17) is 0 Å². The van der Waals surface area contributed by atoms with Gasteiger partial charge >= 0.3 is 0 Å². The Morgan fingerprint density at radius 2 is 2.41 bits per heavy atom. The van der Waals surface area contributed by atoms with Crippen LogP contribution < -0.4 is 5.32 Å². The van der Waals surface area contributed by atoms with Crippen molar-refractivity contribution in [2.75, 3.05) is 26.7 Å². The van der Waals surface area contributed by atoms with Crippen LogP contribution in [-0.2, 0) is 6.54 Å². The van der Waals surface area contributed by atoms with Crippen LogP contribution in [0.15, 0.2) is 18.5 Å². The molecule has 1 saturated heterocycles. The molecule has 1 atom stereocenters. The quantitative estimate of drug-likeness (QED) is 0.860. The van der Waals surface area contributed by atoms with E-state index in [9.17, 15) is 0 Å². The number of likely N-dealkylation sites (tertiary alicyclic amines) is 1. The number of aryl methyl sites for hydroxylation is 1. The Morgan fingerprint density at radius 1 is 1.53 bits per heavy atom. The van der Waals surface area contributed by atoms with Crippen molar-refractivity contribution in [2.45, 2.75) is 26.3 Å². The first kappa shape index (κ1) is 12.5. The van der Waals surface area contributed by atoms with E-state index in [0.29, 0.717) is 0 Å². The molecule has 1 aliphatic rings. The van der Waals surface area contributed by atoms with E-state index in [1.165, 1.54) is 37.1 Å². The number of nitrogens with one attached hydrogen (secondary N) is 1. The van der Waals surface area contributed by atoms with Gasteiger partial charge in [0.05, 0.1) is 0 Å². The van der Waals surface area contributed by atoms with Crippen molar-refractivity contribution < 1.29 is 0 Å². The van der Waals surface area contributed by atoms with E-state index >= 15 is 0 Å². The van der Waals surface area contributed by atoms with E-state index in [0.717, 1.165) is 19.0 Å². The highest BCUT2D eigenvalue weighted by Crippen LogP contribution is 2.14.